The summed E-state index contributed by atoms with van der Waals surface area (Å²) in [7, 11) is 0. The summed E-state index contributed by atoms with van der Waals surface area (Å²) in [5, 5.41) is 0. The van der Waals surface area contributed by atoms with Crippen LogP contribution in [-0.4, -0.2) is 0 Å². The Morgan fingerprint density at radius 3 is 3.00 bits per heavy atom. The van der Waals surface area contributed by atoms with Crippen molar-refractivity contribution in [1.29, 1.82) is 0 Å². The minimum Gasteiger partial charge on any atom is -0.103 e. The molecule has 0 aliphatic heterocycles. The van der Waals surface area contributed by atoms with Crippen molar-refractivity contribution in [3.8, 4) is 0 Å². The Kier molecular flexibility index (Phi) is 6.64. The summed E-state index contributed by atoms with van der Waals surface area (Å²) in [6, 6.07) is 0. The first-order valence-corrected chi connectivity index (χ1v) is 6.49. The summed E-state index contributed by atoms with van der Waals surface area (Å²) >= 11 is 0. The highest BCUT2D eigenvalue weighted by molar-refractivity contribution is 5.23. The van der Waals surface area contributed by atoms with Crippen LogP contribution < -0.4 is 0 Å². The van der Waals surface area contributed by atoms with Crippen LogP contribution in [0.3, 0.4) is 0 Å². The number of hydrogen-bond acceptors (Lipinski definition) is 0. The van der Waals surface area contributed by atoms with Crippen LogP contribution in [0, 0.1) is 5.92 Å². The third-order valence-corrected chi connectivity index (χ3v) is 3.26. The van der Waals surface area contributed by atoms with Gasteiger partial charge in [-0.1, -0.05) is 55.4 Å². The highest BCUT2D eigenvalue weighted by Gasteiger charge is 2.04. The number of allylic oxidation sites excluding steroid dienone is 7. The SMILES string of the molecule is C=CCC(CC)CCCC1=CC=CC=CC1. The van der Waals surface area contributed by atoms with Crippen molar-refractivity contribution in [1.82, 2.24) is 0 Å². The van der Waals surface area contributed by atoms with Crippen LogP contribution >= 0.6 is 0 Å². The molecule has 0 radical (unpaired) electrons. The summed E-state index contributed by atoms with van der Waals surface area (Å²) in [6.07, 6.45) is 20.5. The van der Waals surface area contributed by atoms with Crippen LogP contribution in [-0.2, 0) is 0 Å². The van der Waals surface area contributed by atoms with E-state index >= 15 is 0 Å². The minimum atomic E-state index is 0.843. The molecule has 0 spiro atoms. The van der Waals surface area contributed by atoms with Crippen LogP contribution in [0.15, 0.2) is 48.6 Å². The van der Waals surface area contributed by atoms with Gasteiger partial charge < -0.3 is 0 Å². The second-order valence-corrected chi connectivity index (χ2v) is 4.53. The quantitative estimate of drug-likeness (QED) is 0.513. The highest BCUT2D eigenvalue weighted by Crippen LogP contribution is 2.21. The zero-order valence-corrected chi connectivity index (χ0v) is 10.5. The smallest absolute Gasteiger partial charge is 0.0133 e. The molecule has 0 aromatic rings. The van der Waals surface area contributed by atoms with E-state index in [1.165, 1.54) is 32.1 Å². The van der Waals surface area contributed by atoms with Crippen molar-refractivity contribution in [3.05, 3.63) is 48.6 Å². The monoisotopic (exact) mass is 216 g/mol. The fourth-order valence-corrected chi connectivity index (χ4v) is 2.15. The second-order valence-electron chi connectivity index (χ2n) is 4.53. The molecule has 1 unspecified atom stereocenters. The molecule has 0 bridgehead atoms. The molecule has 0 heterocycles. The third kappa shape index (κ3) is 5.16. The van der Waals surface area contributed by atoms with E-state index in [4.69, 9.17) is 0 Å². The second kappa shape index (κ2) is 8.15. The zero-order chi connectivity index (χ0) is 11.6. The van der Waals surface area contributed by atoms with Gasteiger partial charge >= 0.3 is 0 Å². The minimum absolute atomic E-state index is 0.843. The van der Waals surface area contributed by atoms with Crippen molar-refractivity contribution in [3.63, 3.8) is 0 Å². The lowest BCUT2D eigenvalue weighted by Crippen LogP contribution is -1.97. The highest BCUT2D eigenvalue weighted by atomic mass is 14.1. The van der Waals surface area contributed by atoms with Gasteiger partial charge in [0.05, 0.1) is 0 Å². The number of rotatable bonds is 7. The fourth-order valence-electron chi connectivity index (χ4n) is 2.15. The molecule has 0 aromatic carbocycles. The van der Waals surface area contributed by atoms with E-state index in [0.717, 1.165) is 12.3 Å². The molecule has 1 rings (SSSR count). The molecule has 0 nitrogen and oxygen atoms in total. The molecule has 0 aromatic heterocycles. The molecule has 0 fully saturated rings. The molecule has 1 atom stereocenters. The molecule has 0 amide bonds. The van der Waals surface area contributed by atoms with Gasteiger partial charge in [-0.05, 0) is 38.0 Å². The van der Waals surface area contributed by atoms with Gasteiger partial charge in [0.15, 0.2) is 0 Å². The van der Waals surface area contributed by atoms with Crippen molar-refractivity contribution in [2.24, 2.45) is 5.92 Å². The third-order valence-electron chi connectivity index (χ3n) is 3.26. The van der Waals surface area contributed by atoms with Crippen LogP contribution in [0.25, 0.3) is 0 Å². The van der Waals surface area contributed by atoms with Crippen LogP contribution in [0.1, 0.15) is 45.4 Å². The first kappa shape index (κ1) is 13.0. The normalized spacial score (nSPS) is 16.7. The first-order valence-electron chi connectivity index (χ1n) is 6.49. The van der Waals surface area contributed by atoms with E-state index in [1.807, 2.05) is 0 Å². The van der Waals surface area contributed by atoms with E-state index in [9.17, 15) is 0 Å². The van der Waals surface area contributed by atoms with Crippen molar-refractivity contribution in [2.45, 2.75) is 45.4 Å². The summed E-state index contributed by atoms with van der Waals surface area (Å²) < 4.78 is 0. The molecule has 0 heteroatoms. The van der Waals surface area contributed by atoms with E-state index in [-0.39, 0.29) is 0 Å². The lowest BCUT2D eigenvalue weighted by Gasteiger charge is -2.12. The van der Waals surface area contributed by atoms with Crippen LogP contribution in [0.4, 0.5) is 0 Å². The maximum absolute atomic E-state index is 3.83. The molecule has 16 heavy (non-hydrogen) atoms. The van der Waals surface area contributed by atoms with Crippen molar-refractivity contribution in [2.75, 3.05) is 0 Å². The molecular formula is C16H24. The van der Waals surface area contributed by atoms with Crippen LogP contribution in [0.2, 0.25) is 0 Å². The fraction of sp³-hybridized carbons (Fsp3) is 0.500. The van der Waals surface area contributed by atoms with Crippen molar-refractivity contribution < 1.29 is 0 Å². The zero-order valence-electron chi connectivity index (χ0n) is 10.5. The summed E-state index contributed by atoms with van der Waals surface area (Å²) in [5.41, 5.74) is 1.57. The van der Waals surface area contributed by atoms with Gasteiger partial charge in [0.1, 0.15) is 0 Å². The summed E-state index contributed by atoms with van der Waals surface area (Å²) in [6.45, 7) is 6.11. The Morgan fingerprint density at radius 2 is 2.25 bits per heavy atom. The van der Waals surface area contributed by atoms with Crippen LogP contribution in [0.5, 0.6) is 0 Å². The Hall–Kier alpha value is -1.04. The Morgan fingerprint density at radius 1 is 1.38 bits per heavy atom. The van der Waals surface area contributed by atoms with Crippen molar-refractivity contribution >= 4 is 0 Å². The van der Waals surface area contributed by atoms with Gasteiger partial charge in [-0.3, -0.25) is 0 Å². The lowest BCUT2D eigenvalue weighted by atomic mass is 9.94. The Bertz CT molecular complexity index is 278. The Balaban J connectivity index is 2.23. The molecule has 1 aliphatic carbocycles. The van der Waals surface area contributed by atoms with E-state index in [2.05, 4.69) is 50.0 Å². The summed E-state index contributed by atoms with van der Waals surface area (Å²) in [5.74, 6) is 0.843. The molecule has 1 aliphatic rings. The maximum atomic E-state index is 3.83. The molecule has 88 valence electrons. The standard InChI is InChI=1S/C16H24/c1-3-10-15(4-2)13-9-14-16-11-7-5-6-8-12-16/h3,5-8,11,15H,1,4,9-10,12-14H2,2H3. The predicted molar refractivity (Wildman–Crippen MR) is 73.4 cm³/mol. The van der Waals surface area contributed by atoms with Gasteiger partial charge in [0.2, 0.25) is 0 Å². The summed E-state index contributed by atoms with van der Waals surface area (Å²) in [4.78, 5) is 0. The number of hydrogen-bond donors (Lipinski definition) is 0. The average Bonchev–Trinajstić information content (AvgIpc) is 2.56. The molecule has 0 N–H and O–H groups in total. The van der Waals surface area contributed by atoms with Gasteiger partial charge in [0, 0.05) is 0 Å². The molecule has 0 saturated carbocycles. The average molecular weight is 216 g/mol. The largest absolute Gasteiger partial charge is 0.103 e. The van der Waals surface area contributed by atoms with E-state index in [1.54, 1.807) is 5.57 Å². The van der Waals surface area contributed by atoms with E-state index < -0.39 is 0 Å². The van der Waals surface area contributed by atoms with E-state index in [0.29, 0.717) is 0 Å². The lowest BCUT2D eigenvalue weighted by molar-refractivity contribution is 0.459. The molecule has 0 saturated heterocycles. The predicted octanol–water partition coefficient (Wildman–Crippen LogP) is 5.20. The van der Waals surface area contributed by atoms with Gasteiger partial charge in [-0.15, -0.1) is 6.58 Å². The Labute approximate surface area is 100 Å². The topological polar surface area (TPSA) is 0 Å². The molecular weight excluding hydrogens is 192 g/mol. The van der Waals surface area contributed by atoms with Gasteiger partial charge in [0.25, 0.3) is 0 Å². The van der Waals surface area contributed by atoms with Gasteiger partial charge in [-0.2, -0.15) is 0 Å². The van der Waals surface area contributed by atoms with Gasteiger partial charge in [-0.25, -0.2) is 0 Å². The maximum Gasteiger partial charge on any atom is -0.0133 e. The first-order chi connectivity index (χ1) is 7.86.